The SMILES string of the molecule is CCc1ncc(C(=O)NCc2nc(C)c(C)o2)s1. The zero-order valence-electron chi connectivity index (χ0n) is 10.6. The molecule has 0 aliphatic rings. The molecule has 2 aromatic rings. The van der Waals surface area contributed by atoms with Crippen molar-refractivity contribution in [1.82, 2.24) is 15.3 Å². The summed E-state index contributed by atoms with van der Waals surface area (Å²) >= 11 is 1.41. The van der Waals surface area contributed by atoms with Gasteiger partial charge in [-0.25, -0.2) is 9.97 Å². The summed E-state index contributed by atoms with van der Waals surface area (Å²) in [6.07, 6.45) is 2.45. The average molecular weight is 265 g/mol. The van der Waals surface area contributed by atoms with Gasteiger partial charge in [0.05, 0.1) is 23.4 Å². The number of hydrogen-bond donors (Lipinski definition) is 1. The maximum absolute atomic E-state index is 11.8. The minimum absolute atomic E-state index is 0.138. The fourth-order valence-corrected chi connectivity index (χ4v) is 2.21. The Morgan fingerprint density at radius 1 is 1.50 bits per heavy atom. The molecule has 0 radical (unpaired) electrons. The number of aromatic nitrogens is 2. The molecule has 0 unspecified atom stereocenters. The Morgan fingerprint density at radius 3 is 2.83 bits per heavy atom. The highest BCUT2D eigenvalue weighted by molar-refractivity contribution is 7.13. The minimum Gasteiger partial charge on any atom is -0.444 e. The molecule has 0 aromatic carbocycles. The highest BCUT2D eigenvalue weighted by atomic mass is 32.1. The summed E-state index contributed by atoms with van der Waals surface area (Å²) in [5.41, 5.74) is 0.852. The zero-order valence-corrected chi connectivity index (χ0v) is 11.4. The summed E-state index contributed by atoms with van der Waals surface area (Å²) in [4.78, 5) is 20.8. The van der Waals surface area contributed by atoms with Gasteiger partial charge in [-0.1, -0.05) is 6.92 Å². The molecule has 0 saturated carbocycles. The van der Waals surface area contributed by atoms with E-state index in [1.54, 1.807) is 6.20 Å². The van der Waals surface area contributed by atoms with Crippen molar-refractivity contribution < 1.29 is 9.21 Å². The predicted octanol–water partition coefficient (Wildman–Crippen LogP) is 2.24. The topological polar surface area (TPSA) is 68.0 Å². The van der Waals surface area contributed by atoms with Crippen molar-refractivity contribution in [3.8, 4) is 0 Å². The second-order valence-electron chi connectivity index (χ2n) is 3.90. The fraction of sp³-hybridized carbons (Fsp3) is 0.417. The molecule has 96 valence electrons. The first-order valence-electron chi connectivity index (χ1n) is 5.76. The van der Waals surface area contributed by atoms with E-state index in [-0.39, 0.29) is 5.91 Å². The number of carbonyl (C=O) groups is 1. The summed E-state index contributed by atoms with van der Waals surface area (Å²) < 4.78 is 5.39. The molecule has 2 rings (SSSR count). The lowest BCUT2D eigenvalue weighted by Crippen LogP contribution is -2.21. The number of rotatable bonds is 4. The molecule has 1 amide bonds. The smallest absolute Gasteiger partial charge is 0.263 e. The second kappa shape index (κ2) is 5.30. The van der Waals surface area contributed by atoms with Gasteiger partial charge in [-0.2, -0.15) is 0 Å². The monoisotopic (exact) mass is 265 g/mol. The largest absolute Gasteiger partial charge is 0.444 e. The lowest BCUT2D eigenvalue weighted by molar-refractivity contribution is 0.0951. The number of hydrogen-bond acceptors (Lipinski definition) is 5. The summed E-state index contributed by atoms with van der Waals surface area (Å²) in [6.45, 7) is 6.04. The van der Waals surface area contributed by atoms with E-state index in [0.717, 1.165) is 22.9 Å². The first-order valence-corrected chi connectivity index (χ1v) is 6.57. The van der Waals surface area contributed by atoms with Crippen molar-refractivity contribution in [2.45, 2.75) is 33.7 Å². The molecule has 2 aromatic heterocycles. The van der Waals surface area contributed by atoms with E-state index in [4.69, 9.17) is 4.42 Å². The van der Waals surface area contributed by atoms with E-state index >= 15 is 0 Å². The summed E-state index contributed by atoms with van der Waals surface area (Å²) in [5.74, 6) is 1.17. The maximum atomic E-state index is 11.8. The van der Waals surface area contributed by atoms with Crippen LogP contribution >= 0.6 is 11.3 Å². The number of oxazole rings is 1. The molecule has 18 heavy (non-hydrogen) atoms. The number of amides is 1. The Labute approximate surface area is 109 Å². The van der Waals surface area contributed by atoms with Crippen molar-refractivity contribution in [3.05, 3.63) is 33.4 Å². The number of nitrogens with zero attached hydrogens (tertiary/aromatic N) is 2. The summed E-state index contributed by atoms with van der Waals surface area (Å²) in [7, 11) is 0. The Morgan fingerprint density at radius 2 is 2.28 bits per heavy atom. The van der Waals surface area contributed by atoms with E-state index in [9.17, 15) is 4.79 Å². The molecule has 0 aliphatic carbocycles. The van der Waals surface area contributed by atoms with Gasteiger partial charge < -0.3 is 9.73 Å². The van der Waals surface area contributed by atoms with Gasteiger partial charge in [0, 0.05) is 0 Å². The molecule has 0 spiro atoms. The second-order valence-corrected chi connectivity index (χ2v) is 5.02. The Hall–Kier alpha value is -1.69. The van der Waals surface area contributed by atoms with Crippen LogP contribution in [0.3, 0.4) is 0 Å². The van der Waals surface area contributed by atoms with Crippen LogP contribution in [0.4, 0.5) is 0 Å². The number of thiazole rings is 1. The van der Waals surface area contributed by atoms with E-state index in [2.05, 4.69) is 15.3 Å². The standard InChI is InChI=1S/C12H15N3O2S/c1-4-11-13-5-9(18-11)12(16)14-6-10-15-7(2)8(3)17-10/h5H,4,6H2,1-3H3,(H,14,16). The Kier molecular flexibility index (Phi) is 3.76. The van der Waals surface area contributed by atoms with Crippen LogP contribution in [0.1, 0.15) is 38.9 Å². The van der Waals surface area contributed by atoms with Crippen molar-refractivity contribution in [3.63, 3.8) is 0 Å². The van der Waals surface area contributed by atoms with Crippen molar-refractivity contribution in [2.24, 2.45) is 0 Å². The first kappa shape index (κ1) is 12.8. The minimum atomic E-state index is -0.138. The van der Waals surface area contributed by atoms with Gasteiger partial charge in [0.1, 0.15) is 10.6 Å². The van der Waals surface area contributed by atoms with Gasteiger partial charge in [-0.15, -0.1) is 11.3 Å². The average Bonchev–Trinajstić information content (AvgIpc) is 2.94. The van der Waals surface area contributed by atoms with Gasteiger partial charge in [-0.05, 0) is 20.3 Å². The normalized spacial score (nSPS) is 10.6. The van der Waals surface area contributed by atoms with Crippen LogP contribution in [-0.2, 0) is 13.0 Å². The summed E-state index contributed by atoms with van der Waals surface area (Å²) in [6, 6.07) is 0. The third-order valence-electron chi connectivity index (χ3n) is 2.55. The van der Waals surface area contributed by atoms with Crippen molar-refractivity contribution in [2.75, 3.05) is 0 Å². The van der Waals surface area contributed by atoms with Crippen LogP contribution < -0.4 is 5.32 Å². The van der Waals surface area contributed by atoms with Crippen molar-refractivity contribution >= 4 is 17.2 Å². The number of nitrogens with one attached hydrogen (secondary N) is 1. The molecule has 1 N–H and O–H groups in total. The zero-order chi connectivity index (χ0) is 13.1. The highest BCUT2D eigenvalue weighted by Crippen LogP contribution is 2.13. The van der Waals surface area contributed by atoms with Crippen LogP contribution in [0.15, 0.2) is 10.6 Å². The van der Waals surface area contributed by atoms with Gasteiger partial charge in [-0.3, -0.25) is 4.79 Å². The van der Waals surface area contributed by atoms with Crippen molar-refractivity contribution in [1.29, 1.82) is 0 Å². The van der Waals surface area contributed by atoms with Gasteiger partial charge in [0.25, 0.3) is 5.91 Å². The number of carbonyl (C=O) groups excluding carboxylic acids is 1. The highest BCUT2D eigenvalue weighted by Gasteiger charge is 2.11. The third-order valence-corrected chi connectivity index (χ3v) is 3.69. The Bertz CT molecular complexity index is 540. The molecular formula is C12H15N3O2S. The van der Waals surface area contributed by atoms with Gasteiger partial charge in [0.2, 0.25) is 5.89 Å². The van der Waals surface area contributed by atoms with E-state index in [1.165, 1.54) is 11.3 Å². The molecule has 0 bridgehead atoms. The lowest BCUT2D eigenvalue weighted by atomic mass is 10.4. The predicted molar refractivity (Wildman–Crippen MR) is 68.6 cm³/mol. The van der Waals surface area contributed by atoms with Crippen LogP contribution in [0.2, 0.25) is 0 Å². The molecule has 0 atom stereocenters. The molecule has 2 heterocycles. The molecule has 0 aliphatic heterocycles. The van der Waals surface area contributed by atoms with Crippen LogP contribution in [0, 0.1) is 13.8 Å². The molecule has 5 nitrogen and oxygen atoms in total. The summed E-state index contributed by atoms with van der Waals surface area (Å²) in [5, 5.41) is 3.73. The maximum Gasteiger partial charge on any atom is 0.263 e. The van der Waals surface area contributed by atoms with Crippen LogP contribution in [0.5, 0.6) is 0 Å². The molecule has 6 heteroatoms. The van der Waals surface area contributed by atoms with E-state index in [0.29, 0.717) is 17.3 Å². The lowest BCUT2D eigenvalue weighted by Gasteiger charge is -1.98. The molecule has 0 saturated heterocycles. The fourth-order valence-electron chi connectivity index (χ4n) is 1.44. The van der Waals surface area contributed by atoms with Crippen LogP contribution in [0.25, 0.3) is 0 Å². The quantitative estimate of drug-likeness (QED) is 0.920. The van der Waals surface area contributed by atoms with E-state index < -0.39 is 0 Å². The third kappa shape index (κ3) is 2.76. The first-order chi connectivity index (χ1) is 8.60. The van der Waals surface area contributed by atoms with Gasteiger partial charge >= 0.3 is 0 Å². The molecular weight excluding hydrogens is 250 g/mol. The van der Waals surface area contributed by atoms with Gasteiger partial charge in [0.15, 0.2) is 0 Å². The van der Waals surface area contributed by atoms with Crippen LogP contribution in [-0.4, -0.2) is 15.9 Å². The Balaban J connectivity index is 1.95. The molecule has 0 fully saturated rings. The van der Waals surface area contributed by atoms with E-state index in [1.807, 2.05) is 20.8 Å². The number of aryl methyl sites for hydroxylation is 3.